The Morgan fingerprint density at radius 3 is 2.19 bits per heavy atom. The Hall–Kier alpha value is -3.19. The first-order chi connectivity index (χ1) is 12.7. The highest BCUT2D eigenvalue weighted by Gasteiger charge is 2.14. The van der Waals surface area contributed by atoms with Crippen molar-refractivity contribution >= 4 is 32.3 Å². The highest BCUT2D eigenvalue weighted by Crippen LogP contribution is 2.33. The third-order valence-electron chi connectivity index (χ3n) is 5.48. The van der Waals surface area contributed by atoms with E-state index in [1.54, 1.807) is 0 Å². The minimum Gasteiger partial charge on any atom is -0.201 e. The second-order valence-corrected chi connectivity index (χ2v) is 7.02. The molecule has 0 saturated heterocycles. The number of pyridine rings is 1. The molecule has 0 radical (unpaired) electrons. The molecule has 0 fully saturated rings. The normalized spacial score (nSPS) is 11.5. The molecule has 5 rings (SSSR count). The maximum Gasteiger partial charge on any atom is 0.212 e. The van der Waals surface area contributed by atoms with E-state index in [-0.39, 0.29) is 0 Å². The Morgan fingerprint density at radius 2 is 1.31 bits per heavy atom. The second-order valence-electron chi connectivity index (χ2n) is 7.02. The van der Waals surface area contributed by atoms with Crippen LogP contribution in [0.15, 0.2) is 85.1 Å². The van der Waals surface area contributed by atoms with Gasteiger partial charge in [0.25, 0.3) is 0 Å². The van der Waals surface area contributed by atoms with E-state index in [0.717, 1.165) is 0 Å². The summed E-state index contributed by atoms with van der Waals surface area (Å²) >= 11 is 0. The molecule has 0 N–H and O–H groups in total. The molecule has 1 aromatic heterocycles. The van der Waals surface area contributed by atoms with E-state index in [4.69, 9.17) is 0 Å². The zero-order chi connectivity index (χ0) is 17.7. The maximum absolute atomic E-state index is 2.35. The van der Waals surface area contributed by atoms with Gasteiger partial charge in [-0.2, -0.15) is 0 Å². The Balaban J connectivity index is 1.84. The van der Waals surface area contributed by atoms with Gasteiger partial charge in [0.15, 0.2) is 6.20 Å². The van der Waals surface area contributed by atoms with Crippen LogP contribution >= 0.6 is 0 Å². The average molecular weight is 334 g/mol. The number of benzene rings is 4. The van der Waals surface area contributed by atoms with Crippen molar-refractivity contribution in [2.24, 2.45) is 7.05 Å². The van der Waals surface area contributed by atoms with Crippen LogP contribution in [0.5, 0.6) is 0 Å². The standard InChI is InChI=1S/C25H20N/c1-17-21(25-9-5-6-14-26(25)2)13-12-19-16-24-20(15-23(17)19)11-10-18-7-3-4-8-22(18)24/h3-16H,1-2H3/q+1. The van der Waals surface area contributed by atoms with E-state index in [0.29, 0.717) is 0 Å². The van der Waals surface area contributed by atoms with Gasteiger partial charge in [0.05, 0.1) is 0 Å². The minimum atomic E-state index is 1.24. The predicted octanol–water partition coefficient (Wildman–Crippen LogP) is 5.95. The van der Waals surface area contributed by atoms with Gasteiger partial charge in [0.1, 0.15) is 7.05 Å². The van der Waals surface area contributed by atoms with Gasteiger partial charge >= 0.3 is 0 Å². The molecule has 1 heteroatoms. The fourth-order valence-corrected chi connectivity index (χ4v) is 4.06. The topological polar surface area (TPSA) is 3.88 Å². The van der Waals surface area contributed by atoms with Gasteiger partial charge in [-0.15, -0.1) is 0 Å². The zero-order valence-corrected chi connectivity index (χ0v) is 15.0. The van der Waals surface area contributed by atoms with Crippen LogP contribution in [0.4, 0.5) is 0 Å². The molecule has 0 aliphatic heterocycles. The van der Waals surface area contributed by atoms with Gasteiger partial charge in [0, 0.05) is 17.7 Å². The first-order valence-electron chi connectivity index (χ1n) is 9.02. The molecule has 1 heterocycles. The van der Waals surface area contributed by atoms with Crippen LogP contribution in [0.25, 0.3) is 43.6 Å². The van der Waals surface area contributed by atoms with E-state index >= 15 is 0 Å². The smallest absolute Gasteiger partial charge is 0.201 e. The van der Waals surface area contributed by atoms with Crippen LogP contribution < -0.4 is 4.57 Å². The third kappa shape index (κ3) is 2.21. The van der Waals surface area contributed by atoms with Crippen molar-refractivity contribution in [2.75, 3.05) is 0 Å². The summed E-state index contributed by atoms with van der Waals surface area (Å²) in [5, 5.41) is 7.87. The SMILES string of the molecule is Cc1c(-c2cccc[n+]2C)ccc2cc3c(ccc4ccccc43)cc12. The quantitative estimate of drug-likeness (QED) is 0.203. The molecule has 0 unspecified atom stereocenters. The molecule has 4 aromatic carbocycles. The fourth-order valence-electron chi connectivity index (χ4n) is 4.06. The van der Waals surface area contributed by atoms with Gasteiger partial charge in [0.2, 0.25) is 5.69 Å². The van der Waals surface area contributed by atoms with Crippen LogP contribution in [0.1, 0.15) is 5.56 Å². The van der Waals surface area contributed by atoms with Crippen LogP contribution in [0.3, 0.4) is 0 Å². The van der Waals surface area contributed by atoms with Gasteiger partial charge in [-0.1, -0.05) is 42.5 Å². The van der Waals surface area contributed by atoms with Crippen LogP contribution in [-0.2, 0) is 7.05 Å². The third-order valence-corrected chi connectivity index (χ3v) is 5.48. The van der Waals surface area contributed by atoms with E-state index in [2.05, 4.69) is 104 Å². The highest BCUT2D eigenvalue weighted by atomic mass is 14.9. The van der Waals surface area contributed by atoms with Gasteiger partial charge < -0.3 is 0 Å². The summed E-state index contributed by atoms with van der Waals surface area (Å²) in [6.45, 7) is 2.23. The first-order valence-corrected chi connectivity index (χ1v) is 9.02. The summed E-state index contributed by atoms with van der Waals surface area (Å²) < 4.78 is 2.18. The summed E-state index contributed by atoms with van der Waals surface area (Å²) in [6.07, 6.45) is 2.10. The maximum atomic E-state index is 2.35. The first kappa shape index (κ1) is 15.1. The lowest BCUT2D eigenvalue weighted by molar-refractivity contribution is -0.660. The molecule has 5 aromatic rings. The van der Waals surface area contributed by atoms with Gasteiger partial charge in [-0.25, -0.2) is 4.57 Å². The molecule has 1 nitrogen and oxygen atoms in total. The lowest BCUT2D eigenvalue weighted by Crippen LogP contribution is -2.30. The lowest BCUT2D eigenvalue weighted by Gasteiger charge is -2.11. The molecule has 0 aliphatic rings. The molecular formula is C25H20N+. The second kappa shape index (κ2) is 5.67. The molecule has 0 amide bonds. The van der Waals surface area contributed by atoms with Gasteiger partial charge in [-0.05, 0) is 69.1 Å². The van der Waals surface area contributed by atoms with Crippen molar-refractivity contribution in [3.05, 3.63) is 90.6 Å². The Bertz CT molecular complexity index is 1300. The summed E-state index contributed by atoms with van der Waals surface area (Å²) in [5.74, 6) is 0. The Kier molecular flexibility index (Phi) is 3.29. The van der Waals surface area contributed by atoms with E-state index in [1.807, 2.05) is 0 Å². The van der Waals surface area contributed by atoms with Crippen molar-refractivity contribution in [2.45, 2.75) is 6.92 Å². The van der Waals surface area contributed by atoms with Crippen molar-refractivity contribution < 1.29 is 4.57 Å². The van der Waals surface area contributed by atoms with E-state index in [9.17, 15) is 0 Å². The summed E-state index contributed by atoms with van der Waals surface area (Å²) in [7, 11) is 2.10. The van der Waals surface area contributed by atoms with Crippen molar-refractivity contribution in [1.29, 1.82) is 0 Å². The van der Waals surface area contributed by atoms with Crippen LogP contribution in [0.2, 0.25) is 0 Å². The number of rotatable bonds is 1. The Labute approximate surface area is 153 Å². The van der Waals surface area contributed by atoms with Gasteiger partial charge in [-0.3, -0.25) is 0 Å². The molecule has 0 saturated carbocycles. The average Bonchev–Trinajstić information content (AvgIpc) is 2.68. The highest BCUT2D eigenvalue weighted by molar-refractivity contribution is 6.12. The number of hydrogen-bond acceptors (Lipinski definition) is 0. The van der Waals surface area contributed by atoms with Crippen molar-refractivity contribution in [1.82, 2.24) is 0 Å². The Morgan fingerprint density at radius 1 is 0.615 bits per heavy atom. The number of fused-ring (bicyclic) bond motifs is 4. The number of hydrogen-bond donors (Lipinski definition) is 0. The molecule has 0 aliphatic carbocycles. The minimum absolute atomic E-state index is 1.24. The molecule has 0 bridgehead atoms. The van der Waals surface area contributed by atoms with Crippen molar-refractivity contribution in [3.8, 4) is 11.3 Å². The monoisotopic (exact) mass is 334 g/mol. The number of nitrogens with zero attached hydrogens (tertiary/aromatic N) is 1. The summed E-state index contributed by atoms with van der Waals surface area (Å²) in [6, 6.07) is 28.6. The number of aromatic nitrogens is 1. The number of aryl methyl sites for hydroxylation is 2. The summed E-state index contributed by atoms with van der Waals surface area (Å²) in [4.78, 5) is 0. The molecule has 26 heavy (non-hydrogen) atoms. The molecule has 0 spiro atoms. The van der Waals surface area contributed by atoms with Crippen LogP contribution in [0, 0.1) is 6.92 Å². The van der Waals surface area contributed by atoms with Crippen molar-refractivity contribution in [3.63, 3.8) is 0 Å². The molecular weight excluding hydrogens is 314 g/mol. The molecule has 124 valence electrons. The summed E-state index contributed by atoms with van der Waals surface area (Å²) in [5.41, 5.74) is 3.87. The zero-order valence-electron chi connectivity index (χ0n) is 15.0. The van der Waals surface area contributed by atoms with E-state index in [1.165, 1.54) is 49.1 Å². The lowest BCUT2D eigenvalue weighted by atomic mass is 9.93. The van der Waals surface area contributed by atoms with E-state index < -0.39 is 0 Å². The predicted molar refractivity (Wildman–Crippen MR) is 110 cm³/mol. The van der Waals surface area contributed by atoms with Crippen LogP contribution in [-0.4, -0.2) is 0 Å². The largest absolute Gasteiger partial charge is 0.212 e. The fraction of sp³-hybridized carbons (Fsp3) is 0.0800. The molecule has 0 atom stereocenters.